The summed E-state index contributed by atoms with van der Waals surface area (Å²) in [7, 11) is 1.97. The standard InChI is InChI=1S/C24H25FN6O/c1-30-15-28-29-24(30)17-7-9-31(10-8-17)22-18(12-26)3-2-4-20(22)19-11-21(23(25)27-13-19)32-14-16-5-6-16/h2-4,11,13,15-17H,5-10,14H2,1H3. The molecule has 5 rings (SSSR count). The highest BCUT2D eigenvalue weighted by Crippen LogP contribution is 2.39. The Hall–Kier alpha value is -3.47. The summed E-state index contributed by atoms with van der Waals surface area (Å²) in [5.74, 6) is 1.43. The number of aromatic nitrogens is 4. The molecule has 164 valence electrons. The third-order valence-electron chi connectivity index (χ3n) is 6.37. The first-order chi connectivity index (χ1) is 15.6. The molecule has 1 saturated heterocycles. The Labute approximate surface area is 186 Å². The zero-order valence-corrected chi connectivity index (χ0v) is 18.0. The van der Waals surface area contributed by atoms with Gasteiger partial charge >= 0.3 is 0 Å². The Morgan fingerprint density at radius 3 is 2.72 bits per heavy atom. The molecule has 2 aliphatic rings. The smallest absolute Gasteiger partial charge is 0.255 e. The van der Waals surface area contributed by atoms with Crippen LogP contribution in [0.3, 0.4) is 0 Å². The molecular formula is C24H25FN6O. The third kappa shape index (κ3) is 4.03. The summed E-state index contributed by atoms with van der Waals surface area (Å²) >= 11 is 0. The predicted molar refractivity (Wildman–Crippen MR) is 118 cm³/mol. The van der Waals surface area contributed by atoms with Gasteiger partial charge in [-0.25, -0.2) is 4.98 Å². The van der Waals surface area contributed by atoms with Gasteiger partial charge in [-0.15, -0.1) is 10.2 Å². The third-order valence-corrected chi connectivity index (χ3v) is 6.37. The van der Waals surface area contributed by atoms with Gasteiger partial charge in [-0.05, 0) is 43.7 Å². The van der Waals surface area contributed by atoms with Crippen LogP contribution in [0.1, 0.15) is 43.0 Å². The van der Waals surface area contributed by atoms with E-state index in [4.69, 9.17) is 4.74 Å². The zero-order valence-electron chi connectivity index (χ0n) is 18.0. The van der Waals surface area contributed by atoms with Crippen LogP contribution in [-0.2, 0) is 7.05 Å². The molecule has 1 aliphatic carbocycles. The molecule has 3 aromatic rings. The number of hydrogen-bond donors (Lipinski definition) is 0. The van der Waals surface area contributed by atoms with Crippen LogP contribution in [0.15, 0.2) is 36.8 Å². The summed E-state index contributed by atoms with van der Waals surface area (Å²) in [6.07, 6.45) is 7.36. The average molecular weight is 433 g/mol. The second kappa shape index (κ2) is 8.58. The van der Waals surface area contributed by atoms with Crippen molar-refractivity contribution in [2.24, 2.45) is 13.0 Å². The monoisotopic (exact) mass is 432 g/mol. The Morgan fingerprint density at radius 1 is 1.22 bits per heavy atom. The van der Waals surface area contributed by atoms with Crippen molar-refractivity contribution in [2.45, 2.75) is 31.6 Å². The molecule has 0 atom stereocenters. The number of nitriles is 1. The molecule has 2 aromatic heterocycles. The van der Waals surface area contributed by atoms with Crippen molar-refractivity contribution in [3.8, 4) is 22.9 Å². The van der Waals surface area contributed by atoms with E-state index in [1.54, 1.807) is 12.4 Å². The molecule has 2 fully saturated rings. The van der Waals surface area contributed by atoms with E-state index in [0.717, 1.165) is 61.4 Å². The minimum absolute atomic E-state index is 0.170. The van der Waals surface area contributed by atoms with E-state index in [2.05, 4.69) is 26.2 Å². The summed E-state index contributed by atoms with van der Waals surface area (Å²) in [6, 6.07) is 9.69. The van der Waals surface area contributed by atoms with E-state index in [1.165, 1.54) is 6.20 Å². The minimum atomic E-state index is -0.600. The molecule has 1 aromatic carbocycles. The summed E-state index contributed by atoms with van der Waals surface area (Å²) in [4.78, 5) is 6.18. The van der Waals surface area contributed by atoms with Gasteiger partial charge in [0.25, 0.3) is 5.95 Å². The summed E-state index contributed by atoms with van der Waals surface area (Å²) in [5.41, 5.74) is 3.09. The van der Waals surface area contributed by atoms with Crippen molar-refractivity contribution in [3.63, 3.8) is 0 Å². The van der Waals surface area contributed by atoms with E-state index >= 15 is 0 Å². The van der Waals surface area contributed by atoms with Crippen molar-refractivity contribution >= 4 is 5.69 Å². The average Bonchev–Trinajstić information content (AvgIpc) is 3.56. The van der Waals surface area contributed by atoms with Crippen LogP contribution in [0, 0.1) is 23.2 Å². The fraction of sp³-hybridized carbons (Fsp3) is 0.417. The highest BCUT2D eigenvalue weighted by atomic mass is 19.1. The number of nitrogens with zero attached hydrogens (tertiary/aromatic N) is 6. The molecule has 1 aliphatic heterocycles. The van der Waals surface area contributed by atoms with Crippen LogP contribution in [0.2, 0.25) is 0 Å². The van der Waals surface area contributed by atoms with Crippen LogP contribution in [-0.4, -0.2) is 39.4 Å². The highest BCUT2D eigenvalue weighted by Gasteiger charge is 2.27. The minimum Gasteiger partial charge on any atom is -0.488 e. The second-order valence-electron chi connectivity index (χ2n) is 8.64. The van der Waals surface area contributed by atoms with Gasteiger partial charge in [-0.2, -0.15) is 9.65 Å². The first-order valence-corrected chi connectivity index (χ1v) is 11.0. The first-order valence-electron chi connectivity index (χ1n) is 11.0. The number of hydrogen-bond acceptors (Lipinski definition) is 6. The highest BCUT2D eigenvalue weighted by molar-refractivity contribution is 5.83. The van der Waals surface area contributed by atoms with E-state index in [1.807, 2.05) is 29.8 Å². The van der Waals surface area contributed by atoms with Crippen LogP contribution in [0.25, 0.3) is 11.1 Å². The van der Waals surface area contributed by atoms with Crippen molar-refractivity contribution < 1.29 is 9.13 Å². The molecule has 0 spiro atoms. The van der Waals surface area contributed by atoms with Gasteiger partial charge in [-0.1, -0.05) is 12.1 Å². The Balaban J connectivity index is 1.43. The maximum absolute atomic E-state index is 14.3. The van der Waals surface area contributed by atoms with Crippen molar-refractivity contribution in [1.29, 1.82) is 5.26 Å². The quantitative estimate of drug-likeness (QED) is 0.547. The molecule has 32 heavy (non-hydrogen) atoms. The fourth-order valence-electron chi connectivity index (χ4n) is 4.40. The number of anilines is 1. The van der Waals surface area contributed by atoms with Gasteiger partial charge in [0, 0.05) is 43.4 Å². The molecule has 0 amide bonds. The molecule has 0 radical (unpaired) electrons. The number of para-hydroxylation sites is 1. The Kier molecular flexibility index (Phi) is 5.48. The van der Waals surface area contributed by atoms with Gasteiger partial charge in [0.2, 0.25) is 0 Å². The van der Waals surface area contributed by atoms with Crippen molar-refractivity contribution in [1.82, 2.24) is 19.7 Å². The predicted octanol–water partition coefficient (Wildman–Crippen LogP) is 4.06. The van der Waals surface area contributed by atoms with Crippen molar-refractivity contribution in [2.75, 3.05) is 24.6 Å². The van der Waals surface area contributed by atoms with Gasteiger partial charge in [0.15, 0.2) is 5.75 Å². The van der Waals surface area contributed by atoms with Crippen LogP contribution < -0.4 is 9.64 Å². The van der Waals surface area contributed by atoms with Gasteiger partial charge in [0.05, 0.1) is 17.9 Å². The Bertz CT molecular complexity index is 1160. The fourth-order valence-corrected chi connectivity index (χ4v) is 4.40. The lowest BCUT2D eigenvalue weighted by Gasteiger charge is -2.35. The number of pyridine rings is 1. The molecular weight excluding hydrogens is 407 g/mol. The van der Waals surface area contributed by atoms with Crippen LogP contribution >= 0.6 is 0 Å². The molecule has 7 nitrogen and oxygen atoms in total. The SMILES string of the molecule is Cn1cnnc1C1CCN(c2c(C#N)cccc2-c2cnc(F)c(OCC3CC3)c2)CC1. The largest absolute Gasteiger partial charge is 0.488 e. The Morgan fingerprint density at radius 2 is 2.03 bits per heavy atom. The lowest BCUT2D eigenvalue weighted by atomic mass is 9.93. The molecule has 8 heteroatoms. The van der Waals surface area contributed by atoms with Crippen LogP contribution in [0.5, 0.6) is 5.75 Å². The van der Waals surface area contributed by atoms with E-state index in [0.29, 0.717) is 24.0 Å². The lowest BCUT2D eigenvalue weighted by molar-refractivity contribution is 0.281. The van der Waals surface area contributed by atoms with Gasteiger partial charge in [0.1, 0.15) is 18.2 Å². The number of benzene rings is 1. The molecule has 0 N–H and O–H groups in total. The normalized spacial score (nSPS) is 16.7. The number of halogens is 1. The molecule has 3 heterocycles. The summed E-state index contributed by atoms with van der Waals surface area (Å²) in [5, 5.41) is 18.1. The number of ether oxygens (including phenoxy) is 1. The number of aryl methyl sites for hydroxylation is 1. The molecule has 1 saturated carbocycles. The second-order valence-corrected chi connectivity index (χ2v) is 8.64. The number of piperidine rings is 1. The summed E-state index contributed by atoms with van der Waals surface area (Å²) < 4.78 is 21.9. The lowest BCUT2D eigenvalue weighted by Crippen LogP contribution is -2.34. The molecule has 0 unspecified atom stereocenters. The maximum atomic E-state index is 14.3. The van der Waals surface area contributed by atoms with E-state index < -0.39 is 5.95 Å². The maximum Gasteiger partial charge on any atom is 0.255 e. The van der Waals surface area contributed by atoms with Crippen molar-refractivity contribution in [3.05, 3.63) is 54.1 Å². The molecule has 0 bridgehead atoms. The number of rotatable bonds is 6. The van der Waals surface area contributed by atoms with Crippen LogP contribution in [0.4, 0.5) is 10.1 Å². The van der Waals surface area contributed by atoms with Gasteiger partial charge in [-0.3, -0.25) is 0 Å². The topological polar surface area (TPSA) is 79.9 Å². The van der Waals surface area contributed by atoms with E-state index in [-0.39, 0.29) is 5.75 Å². The van der Waals surface area contributed by atoms with Gasteiger partial charge < -0.3 is 14.2 Å². The zero-order chi connectivity index (χ0) is 22.1. The first kappa shape index (κ1) is 20.4. The van der Waals surface area contributed by atoms with E-state index in [9.17, 15) is 9.65 Å². The summed E-state index contributed by atoms with van der Waals surface area (Å²) in [6.45, 7) is 2.11.